The second kappa shape index (κ2) is 12.3. The molecule has 0 aliphatic carbocycles. The van der Waals surface area contributed by atoms with Gasteiger partial charge in [0.15, 0.2) is 11.5 Å². The molecule has 1 aliphatic rings. The fourth-order valence-corrected chi connectivity index (χ4v) is 3.97. The molecular weight excluding hydrogens is 450 g/mol. The predicted molar refractivity (Wildman–Crippen MR) is 132 cm³/mol. The Balaban J connectivity index is 2.12. The molecule has 188 valence electrons. The number of nitrogens with zero attached hydrogens (tertiary/aromatic N) is 1. The zero-order valence-corrected chi connectivity index (χ0v) is 20.7. The number of hydrogen-bond acceptors (Lipinski definition) is 7. The average molecular weight is 484 g/mol. The van der Waals surface area contributed by atoms with Gasteiger partial charge in [-0.15, -0.1) is 0 Å². The highest BCUT2D eigenvalue weighted by atomic mass is 16.5. The van der Waals surface area contributed by atoms with Gasteiger partial charge in [0.2, 0.25) is 0 Å². The first-order valence-electron chi connectivity index (χ1n) is 11.9. The van der Waals surface area contributed by atoms with E-state index in [0.29, 0.717) is 48.2 Å². The molecule has 1 heterocycles. The third-order valence-corrected chi connectivity index (χ3v) is 5.56. The number of carbonyl (C=O) groups excluding carboxylic acids is 2. The standard InChI is InChI=1S/C27H33NO7/c1-5-15-35-21-13-10-19(17-22(21)34-7-3)24-23(26(30)27(31)28(24)14-16-32-4)25(29)18-8-11-20(12-9-18)33-6-2/h8-13,17,24,29H,5-7,14-16H2,1-4H3. The first kappa shape index (κ1) is 26.1. The number of methoxy groups -OCH3 is 1. The van der Waals surface area contributed by atoms with Gasteiger partial charge >= 0.3 is 0 Å². The van der Waals surface area contributed by atoms with Crippen molar-refractivity contribution >= 4 is 17.4 Å². The molecule has 1 unspecified atom stereocenters. The smallest absolute Gasteiger partial charge is 0.295 e. The number of aliphatic hydroxyl groups is 1. The molecule has 2 aromatic rings. The lowest BCUT2D eigenvalue weighted by molar-refractivity contribution is -0.140. The van der Waals surface area contributed by atoms with Crippen LogP contribution in [0.4, 0.5) is 0 Å². The summed E-state index contributed by atoms with van der Waals surface area (Å²) in [5, 5.41) is 11.2. The van der Waals surface area contributed by atoms with Crippen LogP contribution in [0, 0.1) is 0 Å². The molecule has 35 heavy (non-hydrogen) atoms. The van der Waals surface area contributed by atoms with E-state index >= 15 is 0 Å². The van der Waals surface area contributed by atoms with Crippen LogP contribution in [-0.4, -0.2) is 61.8 Å². The molecule has 0 spiro atoms. The Morgan fingerprint density at radius 2 is 1.63 bits per heavy atom. The third-order valence-electron chi connectivity index (χ3n) is 5.56. The number of amides is 1. The second-order valence-electron chi connectivity index (χ2n) is 7.93. The minimum absolute atomic E-state index is 0.0138. The fraction of sp³-hybridized carbons (Fsp3) is 0.407. The Labute approximate surface area is 206 Å². The molecule has 0 bridgehead atoms. The Kier molecular flexibility index (Phi) is 9.14. The number of ether oxygens (including phenoxy) is 4. The van der Waals surface area contributed by atoms with Crippen LogP contribution in [0.5, 0.6) is 17.2 Å². The molecule has 1 saturated heterocycles. The maximum absolute atomic E-state index is 13.1. The SMILES string of the molecule is CCCOc1ccc(C2C(=C(O)c3ccc(OCC)cc3)C(=O)C(=O)N2CCOC)cc1OCC. The molecule has 8 heteroatoms. The molecule has 0 aromatic heterocycles. The zero-order valence-electron chi connectivity index (χ0n) is 20.7. The van der Waals surface area contributed by atoms with Crippen LogP contribution in [0.15, 0.2) is 48.0 Å². The number of ketones is 1. The van der Waals surface area contributed by atoms with Gasteiger partial charge in [-0.2, -0.15) is 0 Å². The summed E-state index contributed by atoms with van der Waals surface area (Å²) in [6.45, 7) is 7.64. The highest BCUT2D eigenvalue weighted by Crippen LogP contribution is 2.42. The van der Waals surface area contributed by atoms with Crippen molar-refractivity contribution in [2.75, 3.05) is 40.1 Å². The molecule has 8 nitrogen and oxygen atoms in total. The summed E-state index contributed by atoms with van der Waals surface area (Å²) in [4.78, 5) is 27.6. The molecule has 2 aromatic carbocycles. The molecule has 1 amide bonds. The number of benzene rings is 2. The predicted octanol–water partition coefficient (Wildman–Crippen LogP) is 4.34. The summed E-state index contributed by atoms with van der Waals surface area (Å²) in [6, 6.07) is 11.2. The van der Waals surface area contributed by atoms with Gasteiger partial charge in [0.25, 0.3) is 11.7 Å². The van der Waals surface area contributed by atoms with Gasteiger partial charge in [0.1, 0.15) is 11.5 Å². The lowest BCUT2D eigenvalue weighted by atomic mass is 9.95. The van der Waals surface area contributed by atoms with E-state index in [0.717, 1.165) is 6.42 Å². The summed E-state index contributed by atoms with van der Waals surface area (Å²) in [7, 11) is 1.53. The Bertz CT molecular complexity index is 1060. The van der Waals surface area contributed by atoms with E-state index in [1.807, 2.05) is 20.8 Å². The molecule has 1 aliphatic heterocycles. The number of hydrogen-bond donors (Lipinski definition) is 1. The van der Waals surface area contributed by atoms with Crippen LogP contribution in [-0.2, 0) is 14.3 Å². The number of likely N-dealkylation sites (tertiary alicyclic amines) is 1. The number of rotatable bonds is 12. The van der Waals surface area contributed by atoms with Crippen LogP contribution in [0.2, 0.25) is 0 Å². The lowest BCUT2D eigenvalue weighted by Gasteiger charge is -2.26. The van der Waals surface area contributed by atoms with E-state index in [4.69, 9.17) is 18.9 Å². The van der Waals surface area contributed by atoms with E-state index in [1.165, 1.54) is 12.0 Å². The summed E-state index contributed by atoms with van der Waals surface area (Å²) in [5.74, 6) is 0.0472. The van der Waals surface area contributed by atoms with Crippen molar-refractivity contribution in [1.29, 1.82) is 0 Å². The van der Waals surface area contributed by atoms with Crippen LogP contribution >= 0.6 is 0 Å². The van der Waals surface area contributed by atoms with Crippen molar-refractivity contribution in [3.63, 3.8) is 0 Å². The highest BCUT2D eigenvalue weighted by Gasteiger charge is 2.46. The van der Waals surface area contributed by atoms with Gasteiger partial charge in [-0.05, 0) is 62.2 Å². The maximum atomic E-state index is 13.1. The van der Waals surface area contributed by atoms with E-state index in [2.05, 4.69) is 0 Å². The van der Waals surface area contributed by atoms with Gasteiger partial charge in [0.05, 0.1) is 38.0 Å². The molecule has 1 N–H and O–H groups in total. The van der Waals surface area contributed by atoms with E-state index in [1.54, 1.807) is 42.5 Å². The summed E-state index contributed by atoms with van der Waals surface area (Å²) < 4.78 is 22.2. The monoisotopic (exact) mass is 483 g/mol. The number of carbonyl (C=O) groups is 2. The van der Waals surface area contributed by atoms with Gasteiger partial charge < -0.3 is 29.0 Å². The molecule has 0 radical (unpaired) electrons. The first-order chi connectivity index (χ1) is 17.0. The number of Topliss-reactive ketones (excluding diaryl/α,β-unsaturated/α-hetero) is 1. The minimum Gasteiger partial charge on any atom is -0.507 e. The minimum atomic E-state index is -0.809. The van der Waals surface area contributed by atoms with Crippen molar-refractivity contribution < 1.29 is 33.6 Å². The second-order valence-corrected chi connectivity index (χ2v) is 7.93. The van der Waals surface area contributed by atoms with Crippen molar-refractivity contribution in [3.05, 3.63) is 59.2 Å². The van der Waals surface area contributed by atoms with Crippen molar-refractivity contribution in [3.8, 4) is 17.2 Å². The first-order valence-corrected chi connectivity index (χ1v) is 11.9. The normalized spacial score (nSPS) is 17.0. The van der Waals surface area contributed by atoms with E-state index < -0.39 is 17.7 Å². The largest absolute Gasteiger partial charge is 0.507 e. The van der Waals surface area contributed by atoms with Crippen molar-refractivity contribution in [2.24, 2.45) is 0 Å². The fourth-order valence-electron chi connectivity index (χ4n) is 3.97. The summed E-state index contributed by atoms with van der Waals surface area (Å²) in [5.41, 5.74) is 1.05. The van der Waals surface area contributed by atoms with Crippen LogP contribution < -0.4 is 14.2 Å². The lowest BCUT2D eigenvalue weighted by Crippen LogP contribution is -2.32. The average Bonchev–Trinajstić information content (AvgIpc) is 3.12. The molecular formula is C27H33NO7. The van der Waals surface area contributed by atoms with Gasteiger partial charge in [0, 0.05) is 19.2 Å². The Morgan fingerprint density at radius 3 is 2.26 bits per heavy atom. The van der Waals surface area contributed by atoms with E-state index in [9.17, 15) is 14.7 Å². The third kappa shape index (κ3) is 5.77. The Hall–Kier alpha value is -3.52. The van der Waals surface area contributed by atoms with Gasteiger partial charge in [-0.25, -0.2) is 0 Å². The molecule has 0 saturated carbocycles. The van der Waals surface area contributed by atoms with E-state index in [-0.39, 0.29) is 24.5 Å². The summed E-state index contributed by atoms with van der Waals surface area (Å²) >= 11 is 0. The van der Waals surface area contributed by atoms with Crippen LogP contribution in [0.1, 0.15) is 44.4 Å². The van der Waals surface area contributed by atoms with Crippen molar-refractivity contribution in [1.82, 2.24) is 4.90 Å². The molecule has 3 rings (SSSR count). The topological polar surface area (TPSA) is 94.5 Å². The molecule has 1 fully saturated rings. The molecule has 1 atom stereocenters. The maximum Gasteiger partial charge on any atom is 0.295 e. The highest BCUT2D eigenvalue weighted by molar-refractivity contribution is 6.46. The van der Waals surface area contributed by atoms with Gasteiger partial charge in [-0.3, -0.25) is 9.59 Å². The summed E-state index contributed by atoms with van der Waals surface area (Å²) in [6.07, 6.45) is 0.840. The number of aliphatic hydroxyl groups excluding tert-OH is 1. The van der Waals surface area contributed by atoms with Gasteiger partial charge in [-0.1, -0.05) is 13.0 Å². The van der Waals surface area contributed by atoms with Crippen molar-refractivity contribution in [2.45, 2.75) is 33.2 Å². The Morgan fingerprint density at radius 1 is 0.914 bits per heavy atom. The quantitative estimate of drug-likeness (QED) is 0.273. The zero-order chi connectivity index (χ0) is 25.4. The van der Waals surface area contributed by atoms with Crippen LogP contribution in [0.3, 0.4) is 0 Å². The van der Waals surface area contributed by atoms with Crippen LogP contribution in [0.25, 0.3) is 5.76 Å².